The van der Waals surface area contributed by atoms with Gasteiger partial charge in [0.25, 0.3) is 0 Å². The van der Waals surface area contributed by atoms with Crippen molar-refractivity contribution in [1.29, 1.82) is 0 Å². The van der Waals surface area contributed by atoms with Gasteiger partial charge in [0.1, 0.15) is 0 Å². The minimum Gasteiger partial charge on any atom is -0.388 e. The van der Waals surface area contributed by atoms with Crippen molar-refractivity contribution in [3.63, 3.8) is 0 Å². The van der Waals surface area contributed by atoms with Gasteiger partial charge < -0.3 is 5.11 Å². The van der Waals surface area contributed by atoms with Crippen molar-refractivity contribution in [2.45, 2.75) is 39.7 Å². The molecule has 0 fully saturated rings. The molecule has 0 heterocycles. The van der Waals surface area contributed by atoms with Crippen LogP contribution in [-0.4, -0.2) is 5.11 Å². The summed E-state index contributed by atoms with van der Waals surface area (Å²) in [6.45, 7) is 6.31. The van der Waals surface area contributed by atoms with Gasteiger partial charge in [-0.3, -0.25) is 0 Å². The maximum Gasteiger partial charge on any atom is 0.0820 e. The molecule has 0 amide bonds. The Morgan fingerprint density at radius 1 is 1.27 bits per heavy atom. The average Bonchev–Trinajstić information content (AvgIpc) is 2.23. The van der Waals surface area contributed by atoms with Crippen LogP contribution in [0.1, 0.15) is 43.9 Å². The fraction of sp³-hybridized carbons (Fsp3) is 0.538. The molecule has 1 rings (SSSR count). The summed E-state index contributed by atoms with van der Waals surface area (Å²) in [5, 5.41) is 10.3. The summed E-state index contributed by atoms with van der Waals surface area (Å²) in [4.78, 5) is 0. The van der Waals surface area contributed by atoms with Crippen LogP contribution in [0, 0.1) is 12.8 Å². The Balaban J connectivity index is 2.99. The Morgan fingerprint density at radius 2 is 1.87 bits per heavy atom. The van der Waals surface area contributed by atoms with Gasteiger partial charge in [0, 0.05) is 4.47 Å². The largest absolute Gasteiger partial charge is 0.388 e. The third-order valence-electron chi connectivity index (χ3n) is 3.12. The van der Waals surface area contributed by atoms with E-state index in [4.69, 9.17) is 0 Å². The van der Waals surface area contributed by atoms with E-state index in [0.29, 0.717) is 5.92 Å². The van der Waals surface area contributed by atoms with E-state index in [-0.39, 0.29) is 6.10 Å². The highest BCUT2D eigenvalue weighted by atomic mass is 79.9. The van der Waals surface area contributed by atoms with Crippen LogP contribution < -0.4 is 0 Å². The molecule has 1 unspecified atom stereocenters. The normalized spacial score (nSPS) is 13.2. The van der Waals surface area contributed by atoms with Crippen LogP contribution in [0.2, 0.25) is 0 Å². The lowest BCUT2D eigenvalue weighted by Crippen LogP contribution is -2.12. The second kappa shape index (κ2) is 5.66. The third kappa shape index (κ3) is 2.82. The molecule has 1 aromatic carbocycles. The number of rotatable bonds is 4. The number of halogens is 1. The van der Waals surface area contributed by atoms with Gasteiger partial charge in [0.2, 0.25) is 0 Å². The molecule has 84 valence electrons. The van der Waals surface area contributed by atoms with E-state index in [2.05, 4.69) is 29.8 Å². The van der Waals surface area contributed by atoms with Crippen LogP contribution in [-0.2, 0) is 0 Å². The average molecular weight is 271 g/mol. The lowest BCUT2D eigenvalue weighted by atomic mass is 9.89. The van der Waals surface area contributed by atoms with Crippen molar-refractivity contribution in [3.05, 3.63) is 33.8 Å². The van der Waals surface area contributed by atoms with Gasteiger partial charge in [-0.15, -0.1) is 0 Å². The Hall–Kier alpha value is -0.340. The molecular weight excluding hydrogens is 252 g/mol. The van der Waals surface area contributed by atoms with Crippen LogP contribution in [0.3, 0.4) is 0 Å². The molecule has 1 nitrogen and oxygen atoms in total. The van der Waals surface area contributed by atoms with Crippen molar-refractivity contribution in [3.8, 4) is 0 Å². The molecule has 1 atom stereocenters. The maximum atomic E-state index is 10.3. The predicted molar refractivity (Wildman–Crippen MR) is 67.9 cm³/mol. The van der Waals surface area contributed by atoms with Gasteiger partial charge in [-0.05, 0) is 30.0 Å². The molecule has 0 aliphatic carbocycles. The zero-order valence-electron chi connectivity index (χ0n) is 9.63. The van der Waals surface area contributed by atoms with E-state index >= 15 is 0 Å². The van der Waals surface area contributed by atoms with E-state index in [1.54, 1.807) is 0 Å². The van der Waals surface area contributed by atoms with Crippen molar-refractivity contribution in [2.24, 2.45) is 5.92 Å². The van der Waals surface area contributed by atoms with E-state index in [1.807, 2.05) is 25.1 Å². The maximum absolute atomic E-state index is 10.3. The standard InChI is InChI=1S/C13H19BrO/c1-4-10(5-2)13(15)11-7-6-8-12(14)9(11)3/h6-8,10,13,15H,4-5H2,1-3H3. The van der Waals surface area contributed by atoms with Crippen molar-refractivity contribution >= 4 is 15.9 Å². The van der Waals surface area contributed by atoms with Gasteiger partial charge in [0.05, 0.1) is 6.10 Å². The molecule has 0 spiro atoms. The molecule has 1 N–H and O–H groups in total. The van der Waals surface area contributed by atoms with Gasteiger partial charge in [-0.2, -0.15) is 0 Å². The molecule has 0 aromatic heterocycles. The Morgan fingerprint density at radius 3 is 2.40 bits per heavy atom. The highest BCUT2D eigenvalue weighted by Gasteiger charge is 2.19. The smallest absolute Gasteiger partial charge is 0.0820 e. The van der Waals surface area contributed by atoms with Crippen LogP contribution in [0.25, 0.3) is 0 Å². The Labute approximate surface area is 101 Å². The number of hydrogen-bond acceptors (Lipinski definition) is 1. The first kappa shape index (κ1) is 12.7. The van der Waals surface area contributed by atoms with Crippen molar-refractivity contribution in [2.75, 3.05) is 0 Å². The summed E-state index contributed by atoms with van der Waals surface area (Å²) in [6, 6.07) is 6.01. The second-order valence-corrected chi connectivity index (χ2v) is 4.83. The first-order chi connectivity index (χ1) is 7.11. The first-order valence-corrected chi connectivity index (χ1v) is 6.34. The van der Waals surface area contributed by atoms with E-state index < -0.39 is 0 Å². The van der Waals surface area contributed by atoms with Gasteiger partial charge in [-0.1, -0.05) is 54.8 Å². The fourth-order valence-corrected chi connectivity index (χ4v) is 2.32. The fourth-order valence-electron chi connectivity index (χ4n) is 1.93. The second-order valence-electron chi connectivity index (χ2n) is 3.98. The summed E-state index contributed by atoms with van der Waals surface area (Å²) < 4.78 is 1.07. The van der Waals surface area contributed by atoms with Gasteiger partial charge in [0.15, 0.2) is 0 Å². The summed E-state index contributed by atoms with van der Waals surface area (Å²) in [5.41, 5.74) is 2.20. The van der Waals surface area contributed by atoms with Crippen LogP contribution in [0.4, 0.5) is 0 Å². The number of hydrogen-bond donors (Lipinski definition) is 1. The molecule has 0 aliphatic heterocycles. The highest BCUT2D eigenvalue weighted by Crippen LogP contribution is 2.31. The molecule has 15 heavy (non-hydrogen) atoms. The lowest BCUT2D eigenvalue weighted by Gasteiger charge is -2.22. The molecule has 0 aliphatic rings. The summed E-state index contributed by atoms with van der Waals surface area (Å²) in [5.74, 6) is 0.359. The number of benzene rings is 1. The van der Waals surface area contributed by atoms with E-state index in [1.165, 1.54) is 0 Å². The van der Waals surface area contributed by atoms with Crippen molar-refractivity contribution in [1.82, 2.24) is 0 Å². The van der Waals surface area contributed by atoms with Crippen LogP contribution in [0.15, 0.2) is 22.7 Å². The molecule has 2 heteroatoms. The van der Waals surface area contributed by atoms with Crippen molar-refractivity contribution < 1.29 is 5.11 Å². The quantitative estimate of drug-likeness (QED) is 0.869. The van der Waals surface area contributed by atoms with Crippen LogP contribution >= 0.6 is 15.9 Å². The predicted octanol–water partition coefficient (Wildman–Crippen LogP) is 4.23. The molecular formula is C13H19BrO. The van der Waals surface area contributed by atoms with Gasteiger partial charge in [-0.25, -0.2) is 0 Å². The zero-order valence-corrected chi connectivity index (χ0v) is 11.2. The molecule has 0 saturated carbocycles. The number of aliphatic hydroxyl groups is 1. The number of aliphatic hydroxyl groups excluding tert-OH is 1. The minimum absolute atomic E-state index is 0.336. The zero-order chi connectivity index (χ0) is 11.4. The SMILES string of the molecule is CCC(CC)C(O)c1cccc(Br)c1C. The first-order valence-electron chi connectivity index (χ1n) is 5.54. The van der Waals surface area contributed by atoms with Gasteiger partial charge >= 0.3 is 0 Å². The Bertz CT molecular complexity index is 318. The molecule has 0 radical (unpaired) electrons. The summed E-state index contributed by atoms with van der Waals surface area (Å²) >= 11 is 3.50. The molecule has 0 bridgehead atoms. The van der Waals surface area contributed by atoms with E-state index in [0.717, 1.165) is 28.4 Å². The Kier molecular flexibility index (Phi) is 4.81. The summed E-state index contributed by atoms with van der Waals surface area (Å²) in [6.07, 6.45) is 1.70. The molecule has 0 saturated heterocycles. The third-order valence-corrected chi connectivity index (χ3v) is 3.98. The monoisotopic (exact) mass is 270 g/mol. The van der Waals surface area contributed by atoms with Crippen LogP contribution in [0.5, 0.6) is 0 Å². The minimum atomic E-state index is -0.336. The molecule has 1 aromatic rings. The highest BCUT2D eigenvalue weighted by molar-refractivity contribution is 9.10. The van der Waals surface area contributed by atoms with E-state index in [9.17, 15) is 5.11 Å². The topological polar surface area (TPSA) is 20.2 Å². The lowest BCUT2D eigenvalue weighted by molar-refractivity contribution is 0.103. The summed E-state index contributed by atoms with van der Waals surface area (Å²) in [7, 11) is 0.